The lowest BCUT2D eigenvalue weighted by Crippen LogP contribution is -2.52. The number of aryl methyl sites for hydroxylation is 1. The zero-order valence-electron chi connectivity index (χ0n) is 20.2. The van der Waals surface area contributed by atoms with Crippen LogP contribution in [0.15, 0.2) is 84.9 Å². The van der Waals surface area contributed by atoms with Crippen LogP contribution in [-0.4, -0.2) is 35.4 Å². The Balaban J connectivity index is 1.86. The summed E-state index contributed by atoms with van der Waals surface area (Å²) in [6.45, 7) is 6.11. The molecule has 3 rings (SSSR count). The molecular weight excluding hydrogens is 424 g/mol. The molecule has 0 saturated carbocycles. The van der Waals surface area contributed by atoms with E-state index in [0.717, 1.165) is 17.5 Å². The van der Waals surface area contributed by atoms with E-state index in [9.17, 15) is 9.59 Å². The van der Waals surface area contributed by atoms with Crippen LogP contribution in [-0.2, 0) is 29.0 Å². The molecule has 0 bridgehead atoms. The van der Waals surface area contributed by atoms with Crippen molar-refractivity contribution in [1.82, 2.24) is 10.2 Å². The van der Waals surface area contributed by atoms with Crippen LogP contribution in [0.4, 0.5) is 0 Å². The molecule has 1 N–H and O–H groups in total. The number of nitrogens with one attached hydrogen (secondary N) is 1. The molecule has 5 heteroatoms. The van der Waals surface area contributed by atoms with Gasteiger partial charge in [0.25, 0.3) is 5.91 Å². The summed E-state index contributed by atoms with van der Waals surface area (Å²) in [4.78, 5) is 28.4. The molecule has 3 aromatic carbocycles. The fourth-order valence-corrected chi connectivity index (χ4v) is 3.76. The predicted molar refractivity (Wildman–Crippen MR) is 136 cm³/mol. The molecule has 34 heavy (non-hydrogen) atoms. The monoisotopic (exact) mass is 458 g/mol. The van der Waals surface area contributed by atoms with Crippen molar-refractivity contribution in [1.29, 1.82) is 0 Å². The van der Waals surface area contributed by atoms with E-state index in [-0.39, 0.29) is 24.5 Å². The van der Waals surface area contributed by atoms with Gasteiger partial charge >= 0.3 is 0 Å². The van der Waals surface area contributed by atoms with Crippen LogP contribution in [0.2, 0.25) is 0 Å². The fourth-order valence-electron chi connectivity index (χ4n) is 3.76. The highest BCUT2D eigenvalue weighted by atomic mass is 16.5. The third-order valence-corrected chi connectivity index (χ3v) is 5.59. The first-order valence-electron chi connectivity index (χ1n) is 11.9. The molecule has 0 fully saturated rings. The van der Waals surface area contributed by atoms with Gasteiger partial charge < -0.3 is 15.0 Å². The minimum Gasteiger partial charge on any atom is -0.484 e. The molecule has 178 valence electrons. The van der Waals surface area contributed by atoms with Gasteiger partial charge in [-0.15, -0.1) is 0 Å². The van der Waals surface area contributed by atoms with Crippen LogP contribution >= 0.6 is 0 Å². The number of carbonyl (C=O) groups is 2. The number of benzene rings is 3. The van der Waals surface area contributed by atoms with Crippen LogP contribution < -0.4 is 10.1 Å². The second-order valence-electron chi connectivity index (χ2n) is 8.66. The highest BCUT2D eigenvalue weighted by molar-refractivity contribution is 5.88. The maximum absolute atomic E-state index is 13.5. The molecule has 1 atom stereocenters. The lowest BCUT2D eigenvalue weighted by Gasteiger charge is -2.32. The van der Waals surface area contributed by atoms with Crippen molar-refractivity contribution in [3.8, 4) is 5.75 Å². The van der Waals surface area contributed by atoms with E-state index < -0.39 is 6.04 Å². The maximum Gasteiger partial charge on any atom is 0.261 e. The number of ether oxygens (including phenoxy) is 1. The van der Waals surface area contributed by atoms with Gasteiger partial charge in [0.1, 0.15) is 11.8 Å². The number of hydrogen-bond acceptors (Lipinski definition) is 3. The smallest absolute Gasteiger partial charge is 0.261 e. The average molecular weight is 459 g/mol. The first kappa shape index (κ1) is 25.0. The molecular formula is C29H34N2O3. The Bertz CT molecular complexity index is 1030. The van der Waals surface area contributed by atoms with Gasteiger partial charge in [0.2, 0.25) is 5.91 Å². The van der Waals surface area contributed by atoms with E-state index >= 15 is 0 Å². The summed E-state index contributed by atoms with van der Waals surface area (Å²) in [5, 5.41) is 3.00. The first-order chi connectivity index (χ1) is 16.5. The second kappa shape index (κ2) is 12.6. The third-order valence-electron chi connectivity index (χ3n) is 5.59. The van der Waals surface area contributed by atoms with E-state index in [0.29, 0.717) is 18.7 Å². The maximum atomic E-state index is 13.5. The lowest BCUT2D eigenvalue weighted by atomic mass is 10.0. The predicted octanol–water partition coefficient (Wildman–Crippen LogP) is 4.79. The molecule has 0 aliphatic rings. The van der Waals surface area contributed by atoms with Gasteiger partial charge in [-0.1, -0.05) is 79.7 Å². The van der Waals surface area contributed by atoms with Crippen LogP contribution in [0.3, 0.4) is 0 Å². The van der Waals surface area contributed by atoms with Gasteiger partial charge in [-0.05, 0) is 49.1 Å². The zero-order valence-corrected chi connectivity index (χ0v) is 20.2. The van der Waals surface area contributed by atoms with Crippen molar-refractivity contribution in [2.45, 2.75) is 52.2 Å². The number of amides is 2. The summed E-state index contributed by atoms with van der Waals surface area (Å²) < 4.78 is 5.82. The van der Waals surface area contributed by atoms with Crippen molar-refractivity contribution in [3.05, 3.63) is 102 Å². The second-order valence-corrected chi connectivity index (χ2v) is 8.66. The van der Waals surface area contributed by atoms with E-state index in [1.54, 1.807) is 4.90 Å². The highest BCUT2D eigenvalue weighted by Gasteiger charge is 2.31. The summed E-state index contributed by atoms with van der Waals surface area (Å²) in [7, 11) is 0. The number of rotatable bonds is 11. The summed E-state index contributed by atoms with van der Waals surface area (Å²) >= 11 is 0. The molecule has 0 radical (unpaired) electrons. The van der Waals surface area contributed by atoms with Crippen molar-refractivity contribution in [2.24, 2.45) is 0 Å². The van der Waals surface area contributed by atoms with Gasteiger partial charge in [-0.25, -0.2) is 0 Å². The molecule has 3 aromatic rings. The van der Waals surface area contributed by atoms with E-state index in [1.807, 2.05) is 98.8 Å². The topological polar surface area (TPSA) is 58.6 Å². The van der Waals surface area contributed by atoms with Crippen molar-refractivity contribution < 1.29 is 14.3 Å². The quantitative estimate of drug-likeness (QED) is 0.449. The van der Waals surface area contributed by atoms with E-state index in [2.05, 4.69) is 12.2 Å². The number of hydrogen-bond donors (Lipinski definition) is 1. The molecule has 0 aliphatic carbocycles. The average Bonchev–Trinajstić information content (AvgIpc) is 2.85. The summed E-state index contributed by atoms with van der Waals surface area (Å²) in [5.74, 6) is 0.232. The SMILES string of the molecule is CCc1ccc(OCC(=O)N(Cc2ccccc2)[C@@H](Cc2ccccc2)C(=O)NC(C)C)cc1. The van der Waals surface area contributed by atoms with Crippen molar-refractivity contribution in [2.75, 3.05) is 6.61 Å². The summed E-state index contributed by atoms with van der Waals surface area (Å²) in [5.41, 5.74) is 3.16. The van der Waals surface area contributed by atoms with Crippen molar-refractivity contribution >= 4 is 11.8 Å². The molecule has 2 amide bonds. The Morgan fingerprint density at radius 3 is 1.97 bits per heavy atom. The van der Waals surface area contributed by atoms with Gasteiger partial charge in [-0.2, -0.15) is 0 Å². The molecule has 5 nitrogen and oxygen atoms in total. The fraction of sp³-hybridized carbons (Fsp3) is 0.310. The first-order valence-corrected chi connectivity index (χ1v) is 11.9. The van der Waals surface area contributed by atoms with Gasteiger partial charge in [0.15, 0.2) is 6.61 Å². The van der Waals surface area contributed by atoms with Crippen LogP contribution in [0.5, 0.6) is 5.75 Å². The van der Waals surface area contributed by atoms with Crippen LogP contribution in [0.25, 0.3) is 0 Å². The summed E-state index contributed by atoms with van der Waals surface area (Å²) in [6.07, 6.45) is 1.36. The Morgan fingerprint density at radius 2 is 1.41 bits per heavy atom. The lowest BCUT2D eigenvalue weighted by molar-refractivity contribution is -0.143. The van der Waals surface area contributed by atoms with Crippen molar-refractivity contribution in [3.63, 3.8) is 0 Å². The van der Waals surface area contributed by atoms with E-state index in [1.165, 1.54) is 5.56 Å². The number of carbonyl (C=O) groups excluding carboxylic acids is 2. The standard InChI is InChI=1S/C29H34N2O3/c1-4-23-15-17-26(18-16-23)34-21-28(32)31(20-25-13-9-6-10-14-25)27(29(33)30-22(2)3)19-24-11-7-5-8-12-24/h5-18,22,27H,4,19-21H2,1-3H3,(H,30,33)/t27-/m0/s1. The molecule has 0 unspecified atom stereocenters. The summed E-state index contributed by atoms with van der Waals surface area (Å²) in [6, 6.07) is 26.6. The van der Waals surface area contributed by atoms with E-state index in [4.69, 9.17) is 4.74 Å². The normalized spacial score (nSPS) is 11.6. The molecule has 0 aromatic heterocycles. The Hall–Kier alpha value is -3.60. The van der Waals surface area contributed by atoms with Gasteiger partial charge in [0, 0.05) is 19.0 Å². The Labute approximate surface area is 202 Å². The van der Waals surface area contributed by atoms with Gasteiger partial charge in [-0.3, -0.25) is 9.59 Å². The Kier molecular flexibility index (Phi) is 9.27. The van der Waals surface area contributed by atoms with Gasteiger partial charge in [0.05, 0.1) is 0 Å². The largest absolute Gasteiger partial charge is 0.484 e. The zero-order chi connectivity index (χ0) is 24.3. The van der Waals surface area contributed by atoms with Crippen LogP contribution in [0.1, 0.15) is 37.5 Å². The third kappa shape index (κ3) is 7.48. The minimum atomic E-state index is -0.663. The van der Waals surface area contributed by atoms with Crippen LogP contribution in [0, 0.1) is 0 Å². The molecule has 0 saturated heterocycles. The Morgan fingerprint density at radius 1 is 0.824 bits per heavy atom. The molecule has 0 spiro atoms. The molecule has 0 heterocycles. The molecule has 0 aliphatic heterocycles. The number of nitrogens with zero attached hydrogens (tertiary/aromatic N) is 1. The highest BCUT2D eigenvalue weighted by Crippen LogP contribution is 2.17. The minimum absolute atomic E-state index is 0.0345.